The molecule has 0 aliphatic carbocycles. The Balaban J connectivity index is 1.72. The fourth-order valence-electron chi connectivity index (χ4n) is 3.16. The molecule has 2 aliphatic heterocycles. The fourth-order valence-corrected chi connectivity index (χ4v) is 3.55. The fraction of sp³-hybridized carbons (Fsp3) is 0.500. The van der Waals surface area contributed by atoms with Gasteiger partial charge >= 0.3 is 0 Å². The summed E-state index contributed by atoms with van der Waals surface area (Å²) in [6.07, 6.45) is 0.600. The summed E-state index contributed by atoms with van der Waals surface area (Å²) in [5.41, 5.74) is 0.850. The second kappa shape index (κ2) is 6.38. The molecule has 0 spiro atoms. The maximum absolute atomic E-state index is 12.6. The lowest BCUT2D eigenvalue weighted by Crippen LogP contribution is -2.53. The molecule has 1 aromatic rings. The third-order valence-corrected chi connectivity index (χ3v) is 4.80. The second-order valence-corrected chi connectivity index (χ2v) is 6.87. The van der Waals surface area contributed by atoms with Gasteiger partial charge in [-0.3, -0.25) is 9.59 Å². The van der Waals surface area contributed by atoms with Crippen molar-refractivity contribution in [3.05, 3.63) is 28.7 Å². The minimum absolute atomic E-state index is 0.0177. The van der Waals surface area contributed by atoms with Gasteiger partial charge in [-0.15, -0.1) is 0 Å². The van der Waals surface area contributed by atoms with Crippen LogP contribution in [0.4, 0.5) is 5.69 Å². The lowest BCUT2D eigenvalue weighted by Gasteiger charge is -2.33. The van der Waals surface area contributed by atoms with Crippen molar-refractivity contribution in [2.45, 2.75) is 19.4 Å². The van der Waals surface area contributed by atoms with E-state index in [1.54, 1.807) is 4.90 Å². The summed E-state index contributed by atoms with van der Waals surface area (Å²) in [4.78, 5) is 28.8. The van der Waals surface area contributed by atoms with Gasteiger partial charge in [-0.1, -0.05) is 22.0 Å². The summed E-state index contributed by atoms with van der Waals surface area (Å²) in [6, 6.07) is 7.93. The summed E-state index contributed by atoms with van der Waals surface area (Å²) in [5.74, 6) is -0.616. The number of amides is 2. The van der Waals surface area contributed by atoms with E-state index in [1.165, 1.54) is 0 Å². The van der Waals surface area contributed by atoms with E-state index in [0.717, 1.165) is 16.7 Å². The molecule has 0 aromatic heterocycles. The Bertz CT molecular complexity index is 593. The minimum atomic E-state index is -0.524. The number of piperazine rings is 1. The number of nitrogens with zero attached hydrogens (tertiary/aromatic N) is 2. The van der Waals surface area contributed by atoms with Crippen LogP contribution in [-0.4, -0.2) is 48.9 Å². The first kappa shape index (κ1) is 15.5. The monoisotopic (exact) mass is 365 g/mol. The zero-order valence-electron chi connectivity index (χ0n) is 12.6. The van der Waals surface area contributed by atoms with Crippen LogP contribution in [0.25, 0.3) is 0 Å². The van der Waals surface area contributed by atoms with E-state index in [0.29, 0.717) is 26.1 Å². The van der Waals surface area contributed by atoms with Gasteiger partial charge < -0.3 is 15.1 Å². The average molecular weight is 366 g/mol. The van der Waals surface area contributed by atoms with E-state index in [-0.39, 0.29) is 17.9 Å². The molecule has 0 bridgehead atoms. The number of carbonyl (C=O) groups is 2. The van der Waals surface area contributed by atoms with Gasteiger partial charge in [0.05, 0.1) is 0 Å². The molecule has 22 heavy (non-hydrogen) atoms. The first-order valence-corrected chi connectivity index (χ1v) is 8.44. The zero-order valence-corrected chi connectivity index (χ0v) is 14.2. The quantitative estimate of drug-likeness (QED) is 0.810. The predicted molar refractivity (Wildman–Crippen MR) is 88.6 cm³/mol. The zero-order chi connectivity index (χ0) is 15.7. The molecule has 2 heterocycles. The summed E-state index contributed by atoms with van der Waals surface area (Å²) >= 11 is 3.42. The molecule has 2 aliphatic rings. The highest BCUT2D eigenvalue weighted by Gasteiger charge is 2.40. The molecular formula is C16H20BrN3O2. The van der Waals surface area contributed by atoms with E-state index in [1.807, 2.05) is 29.2 Å². The molecule has 6 heteroatoms. The highest BCUT2D eigenvalue weighted by atomic mass is 79.9. The number of rotatable bonds is 2. The third kappa shape index (κ3) is 3.03. The highest BCUT2D eigenvalue weighted by Crippen LogP contribution is 2.28. The van der Waals surface area contributed by atoms with Gasteiger partial charge in [-0.2, -0.15) is 0 Å². The van der Waals surface area contributed by atoms with E-state index in [2.05, 4.69) is 28.2 Å². The Labute approximate surface area is 138 Å². The smallest absolute Gasteiger partial charge is 0.239 e. The Kier molecular flexibility index (Phi) is 4.49. The second-order valence-electron chi connectivity index (χ2n) is 5.95. The molecule has 2 atom stereocenters. The number of hydrogen-bond acceptors (Lipinski definition) is 3. The summed E-state index contributed by atoms with van der Waals surface area (Å²) in [5, 5.41) is 3.32. The van der Waals surface area contributed by atoms with Crippen LogP contribution >= 0.6 is 15.9 Å². The molecule has 118 valence electrons. The predicted octanol–water partition coefficient (Wildman–Crippen LogP) is 1.62. The van der Waals surface area contributed by atoms with Gasteiger partial charge in [0.25, 0.3) is 0 Å². The highest BCUT2D eigenvalue weighted by molar-refractivity contribution is 9.10. The van der Waals surface area contributed by atoms with E-state index in [9.17, 15) is 9.59 Å². The average Bonchev–Trinajstić information content (AvgIpc) is 2.88. The van der Waals surface area contributed by atoms with Crippen molar-refractivity contribution in [3.63, 3.8) is 0 Å². The van der Waals surface area contributed by atoms with Crippen LogP contribution in [0.2, 0.25) is 0 Å². The lowest BCUT2D eigenvalue weighted by molar-refractivity contribution is -0.140. The molecular weight excluding hydrogens is 346 g/mol. The van der Waals surface area contributed by atoms with Gasteiger partial charge in [0, 0.05) is 42.4 Å². The molecule has 3 rings (SSSR count). The molecule has 0 saturated carbocycles. The largest absolute Gasteiger partial charge is 0.339 e. The van der Waals surface area contributed by atoms with Crippen molar-refractivity contribution >= 4 is 33.4 Å². The molecule has 1 aromatic carbocycles. The molecule has 2 saturated heterocycles. The van der Waals surface area contributed by atoms with Crippen LogP contribution < -0.4 is 10.2 Å². The number of hydrogen-bond donors (Lipinski definition) is 1. The van der Waals surface area contributed by atoms with E-state index < -0.39 is 5.92 Å². The molecule has 5 nitrogen and oxygen atoms in total. The Morgan fingerprint density at radius 1 is 1.36 bits per heavy atom. The Morgan fingerprint density at radius 3 is 2.91 bits per heavy atom. The number of halogens is 1. The van der Waals surface area contributed by atoms with Gasteiger partial charge in [0.1, 0.15) is 5.92 Å². The van der Waals surface area contributed by atoms with Crippen LogP contribution in [0.5, 0.6) is 0 Å². The van der Waals surface area contributed by atoms with Crippen LogP contribution in [0.1, 0.15) is 13.3 Å². The Hall–Kier alpha value is -1.40. The lowest BCUT2D eigenvalue weighted by atomic mass is 10.1. The number of benzene rings is 1. The van der Waals surface area contributed by atoms with Crippen LogP contribution in [0.15, 0.2) is 28.7 Å². The number of carbonyl (C=O) groups excluding carboxylic acids is 2. The maximum atomic E-state index is 12.6. The minimum Gasteiger partial charge on any atom is -0.339 e. The summed E-state index contributed by atoms with van der Waals surface area (Å²) in [6.45, 7) is 4.82. The van der Waals surface area contributed by atoms with Crippen molar-refractivity contribution in [2.75, 3.05) is 31.1 Å². The van der Waals surface area contributed by atoms with Crippen LogP contribution in [0, 0.1) is 5.92 Å². The molecule has 1 N–H and O–H groups in total. The van der Waals surface area contributed by atoms with Crippen molar-refractivity contribution in [3.8, 4) is 0 Å². The maximum Gasteiger partial charge on any atom is 0.239 e. The molecule has 0 radical (unpaired) electrons. The van der Waals surface area contributed by atoms with Crippen molar-refractivity contribution in [1.82, 2.24) is 10.2 Å². The molecule has 2 amide bonds. The topological polar surface area (TPSA) is 52.7 Å². The standard InChI is InChI=1S/C16H20BrN3O2/c1-11-10-19(8-6-18-11)15(21)14-5-7-20(16(14)22)13-4-2-3-12(17)9-13/h2-4,9,11,14,18H,5-8,10H2,1H3. The van der Waals surface area contributed by atoms with Crippen LogP contribution in [-0.2, 0) is 9.59 Å². The van der Waals surface area contributed by atoms with E-state index in [4.69, 9.17) is 0 Å². The third-order valence-electron chi connectivity index (χ3n) is 4.30. The molecule has 2 fully saturated rings. The summed E-state index contributed by atoms with van der Waals surface area (Å²) < 4.78 is 0.934. The van der Waals surface area contributed by atoms with Gasteiger partial charge in [-0.25, -0.2) is 0 Å². The van der Waals surface area contributed by atoms with Crippen LogP contribution in [0.3, 0.4) is 0 Å². The summed E-state index contributed by atoms with van der Waals surface area (Å²) in [7, 11) is 0. The number of nitrogens with one attached hydrogen (secondary N) is 1. The normalized spacial score (nSPS) is 25.6. The van der Waals surface area contributed by atoms with Gasteiger partial charge in [0.2, 0.25) is 11.8 Å². The van der Waals surface area contributed by atoms with Gasteiger partial charge in [0.15, 0.2) is 0 Å². The van der Waals surface area contributed by atoms with Crippen molar-refractivity contribution in [1.29, 1.82) is 0 Å². The first-order valence-electron chi connectivity index (χ1n) is 7.65. The van der Waals surface area contributed by atoms with Gasteiger partial charge in [-0.05, 0) is 31.5 Å². The molecule has 2 unspecified atom stereocenters. The van der Waals surface area contributed by atoms with Crippen molar-refractivity contribution < 1.29 is 9.59 Å². The van der Waals surface area contributed by atoms with E-state index >= 15 is 0 Å². The number of anilines is 1. The SMILES string of the molecule is CC1CN(C(=O)C2CCN(c3cccc(Br)c3)C2=O)CCN1. The first-order chi connectivity index (χ1) is 10.6. The Morgan fingerprint density at radius 2 is 2.18 bits per heavy atom. The van der Waals surface area contributed by atoms with Crippen molar-refractivity contribution in [2.24, 2.45) is 5.92 Å².